The summed E-state index contributed by atoms with van der Waals surface area (Å²) in [4.78, 5) is 10.6. The summed E-state index contributed by atoms with van der Waals surface area (Å²) in [5.74, 6) is -2.32. The van der Waals surface area contributed by atoms with Gasteiger partial charge in [-0.3, -0.25) is 4.79 Å². The third-order valence-electron chi connectivity index (χ3n) is 3.30. The minimum absolute atomic E-state index is 0.0248. The molecule has 2 rings (SSSR count). The Kier molecular flexibility index (Phi) is 3.99. The van der Waals surface area contributed by atoms with Gasteiger partial charge in [-0.1, -0.05) is 6.07 Å². The summed E-state index contributed by atoms with van der Waals surface area (Å²) >= 11 is 0. The van der Waals surface area contributed by atoms with Crippen LogP contribution in [0.15, 0.2) is 18.2 Å². The number of carboxylic acids is 1. The lowest BCUT2D eigenvalue weighted by molar-refractivity contribution is -0.151. The third-order valence-corrected chi connectivity index (χ3v) is 3.30. The maximum Gasteiger partial charge on any atom is 0.416 e. The number of carboxylic acid groups (broad SMARTS) is 1. The Morgan fingerprint density at radius 1 is 1.35 bits per heavy atom. The van der Waals surface area contributed by atoms with Crippen molar-refractivity contribution in [2.24, 2.45) is 5.92 Å². The number of benzene rings is 1. The summed E-state index contributed by atoms with van der Waals surface area (Å²) in [5.41, 5.74) is -1.02. The van der Waals surface area contributed by atoms with Crippen LogP contribution in [-0.2, 0) is 22.3 Å². The van der Waals surface area contributed by atoms with Crippen molar-refractivity contribution in [1.82, 2.24) is 0 Å². The highest BCUT2D eigenvalue weighted by Crippen LogP contribution is 2.32. The monoisotopic (exact) mass is 292 g/mol. The molecule has 110 valence electrons. The Labute approximate surface area is 112 Å². The molecule has 7 heteroatoms. The van der Waals surface area contributed by atoms with Crippen LogP contribution in [0.4, 0.5) is 17.6 Å². The lowest BCUT2D eigenvalue weighted by atomic mass is 9.82. The number of aliphatic carboxylic acids is 1. The first-order valence-corrected chi connectivity index (χ1v) is 5.97. The minimum atomic E-state index is -4.58. The van der Waals surface area contributed by atoms with E-state index in [1.165, 1.54) is 0 Å². The molecule has 0 aliphatic heterocycles. The summed E-state index contributed by atoms with van der Waals surface area (Å²) in [6.07, 6.45) is -4.17. The molecular weight excluding hydrogens is 280 g/mol. The molecule has 1 aromatic rings. The second-order valence-corrected chi connectivity index (χ2v) is 4.74. The largest absolute Gasteiger partial charge is 0.481 e. The summed E-state index contributed by atoms with van der Waals surface area (Å²) in [7, 11) is 0. The Balaban J connectivity index is 1.90. The van der Waals surface area contributed by atoms with Crippen molar-refractivity contribution in [3.63, 3.8) is 0 Å². The van der Waals surface area contributed by atoms with Crippen molar-refractivity contribution in [3.05, 3.63) is 35.1 Å². The molecule has 0 spiro atoms. The molecule has 0 heterocycles. The van der Waals surface area contributed by atoms with Crippen LogP contribution in [0.1, 0.15) is 24.0 Å². The molecule has 0 saturated heterocycles. The zero-order chi connectivity index (χ0) is 14.9. The summed E-state index contributed by atoms with van der Waals surface area (Å²) in [6.45, 7) is -0.166. The average molecular weight is 292 g/mol. The van der Waals surface area contributed by atoms with E-state index >= 15 is 0 Å². The van der Waals surface area contributed by atoms with Gasteiger partial charge >= 0.3 is 12.1 Å². The van der Waals surface area contributed by atoms with Crippen LogP contribution >= 0.6 is 0 Å². The fourth-order valence-electron chi connectivity index (χ4n) is 1.95. The van der Waals surface area contributed by atoms with Crippen molar-refractivity contribution < 1.29 is 32.2 Å². The van der Waals surface area contributed by atoms with E-state index < -0.39 is 29.4 Å². The molecule has 1 aromatic carbocycles. The van der Waals surface area contributed by atoms with Gasteiger partial charge in [-0.2, -0.15) is 13.2 Å². The molecule has 1 saturated carbocycles. The first kappa shape index (κ1) is 14.8. The summed E-state index contributed by atoms with van der Waals surface area (Å²) in [5, 5.41) is 8.67. The van der Waals surface area contributed by atoms with Gasteiger partial charge in [0.25, 0.3) is 0 Å². The van der Waals surface area contributed by atoms with Gasteiger partial charge in [-0.15, -0.1) is 0 Å². The molecule has 1 fully saturated rings. The Morgan fingerprint density at radius 2 is 2.00 bits per heavy atom. The van der Waals surface area contributed by atoms with Crippen molar-refractivity contribution in [2.45, 2.75) is 31.7 Å². The number of hydrogen-bond acceptors (Lipinski definition) is 2. The van der Waals surface area contributed by atoms with E-state index in [9.17, 15) is 22.4 Å². The van der Waals surface area contributed by atoms with Gasteiger partial charge in [0.2, 0.25) is 0 Å². The van der Waals surface area contributed by atoms with E-state index in [0.29, 0.717) is 18.9 Å². The molecule has 0 unspecified atom stereocenters. The van der Waals surface area contributed by atoms with Gasteiger partial charge in [-0.05, 0) is 25.0 Å². The standard InChI is InChI=1S/C13H12F4O3/c14-11-5-9(13(15,16)17)2-1-7(11)6-20-10-3-8(4-10)12(18)19/h1-2,5,8,10H,3-4,6H2,(H,18,19)/t8-,10-. The van der Waals surface area contributed by atoms with E-state index in [1.54, 1.807) is 0 Å². The van der Waals surface area contributed by atoms with Crippen molar-refractivity contribution in [1.29, 1.82) is 0 Å². The normalized spacial score (nSPS) is 22.4. The highest BCUT2D eigenvalue weighted by molar-refractivity contribution is 5.71. The average Bonchev–Trinajstić information content (AvgIpc) is 2.26. The molecule has 0 bridgehead atoms. The molecule has 0 radical (unpaired) electrons. The fraction of sp³-hybridized carbons (Fsp3) is 0.462. The van der Waals surface area contributed by atoms with Crippen molar-refractivity contribution in [2.75, 3.05) is 0 Å². The summed E-state index contributed by atoms with van der Waals surface area (Å²) in [6, 6.07) is 2.26. The lowest BCUT2D eigenvalue weighted by Crippen LogP contribution is -2.36. The second kappa shape index (κ2) is 5.40. The van der Waals surface area contributed by atoms with E-state index in [2.05, 4.69) is 0 Å². The molecule has 1 aliphatic carbocycles. The van der Waals surface area contributed by atoms with E-state index in [1.807, 2.05) is 0 Å². The number of halogens is 4. The van der Waals surface area contributed by atoms with Gasteiger partial charge in [-0.25, -0.2) is 4.39 Å². The van der Waals surface area contributed by atoms with Gasteiger partial charge in [0.15, 0.2) is 0 Å². The lowest BCUT2D eigenvalue weighted by Gasteiger charge is -2.32. The van der Waals surface area contributed by atoms with Gasteiger partial charge in [0.1, 0.15) is 5.82 Å². The molecular formula is C13H12F4O3. The number of rotatable bonds is 4. The molecule has 0 atom stereocenters. The summed E-state index contributed by atoms with van der Waals surface area (Å²) < 4.78 is 55.8. The minimum Gasteiger partial charge on any atom is -0.481 e. The molecule has 3 nitrogen and oxygen atoms in total. The quantitative estimate of drug-likeness (QED) is 0.867. The zero-order valence-electron chi connectivity index (χ0n) is 10.3. The molecule has 20 heavy (non-hydrogen) atoms. The smallest absolute Gasteiger partial charge is 0.416 e. The predicted octanol–water partition coefficient (Wildman–Crippen LogP) is 3.22. The number of alkyl halides is 3. The van der Waals surface area contributed by atoms with Crippen molar-refractivity contribution >= 4 is 5.97 Å². The Hall–Kier alpha value is -1.63. The Morgan fingerprint density at radius 3 is 2.50 bits per heavy atom. The number of carbonyl (C=O) groups is 1. The molecule has 1 N–H and O–H groups in total. The van der Waals surface area contributed by atoms with Crippen LogP contribution in [0.25, 0.3) is 0 Å². The first-order valence-electron chi connectivity index (χ1n) is 5.97. The fourth-order valence-corrected chi connectivity index (χ4v) is 1.95. The molecule has 1 aliphatic rings. The van der Waals surface area contributed by atoms with Crippen LogP contribution in [0.2, 0.25) is 0 Å². The van der Waals surface area contributed by atoms with E-state index in [4.69, 9.17) is 9.84 Å². The zero-order valence-corrected chi connectivity index (χ0v) is 10.3. The van der Waals surface area contributed by atoms with Crippen LogP contribution in [0.5, 0.6) is 0 Å². The van der Waals surface area contributed by atoms with Crippen LogP contribution in [0, 0.1) is 11.7 Å². The third kappa shape index (κ3) is 3.27. The van der Waals surface area contributed by atoms with Crippen molar-refractivity contribution in [3.8, 4) is 0 Å². The predicted molar refractivity (Wildman–Crippen MR) is 60.3 cm³/mol. The van der Waals surface area contributed by atoms with Crippen LogP contribution < -0.4 is 0 Å². The highest BCUT2D eigenvalue weighted by atomic mass is 19.4. The van der Waals surface area contributed by atoms with E-state index in [-0.39, 0.29) is 18.3 Å². The maximum absolute atomic E-state index is 13.5. The Bertz CT molecular complexity index is 507. The number of ether oxygens (including phenoxy) is 1. The topological polar surface area (TPSA) is 46.5 Å². The second-order valence-electron chi connectivity index (χ2n) is 4.74. The first-order chi connectivity index (χ1) is 9.27. The van der Waals surface area contributed by atoms with Gasteiger partial charge in [0, 0.05) is 5.56 Å². The number of hydrogen-bond donors (Lipinski definition) is 1. The maximum atomic E-state index is 13.5. The van der Waals surface area contributed by atoms with E-state index in [0.717, 1.165) is 12.1 Å². The molecule has 0 amide bonds. The highest BCUT2D eigenvalue weighted by Gasteiger charge is 2.35. The SMILES string of the molecule is O=C(O)[C@H]1C[C@H](OCc2ccc(C(F)(F)F)cc2F)C1. The van der Waals surface area contributed by atoms with Crippen LogP contribution in [0.3, 0.4) is 0 Å². The van der Waals surface area contributed by atoms with Crippen LogP contribution in [-0.4, -0.2) is 17.2 Å². The molecule has 0 aromatic heterocycles. The van der Waals surface area contributed by atoms with Gasteiger partial charge < -0.3 is 9.84 Å². The van der Waals surface area contributed by atoms with Gasteiger partial charge in [0.05, 0.1) is 24.2 Å².